The molecule has 0 spiro atoms. The first-order valence-corrected chi connectivity index (χ1v) is 21.8. The van der Waals surface area contributed by atoms with E-state index in [9.17, 15) is 19.8 Å². The van der Waals surface area contributed by atoms with Crippen LogP contribution in [-0.4, -0.2) is 58.6 Å². The lowest BCUT2D eigenvalue weighted by molar-refractivity contribution is -0.156. The number of esters is 2. The van der Waals surface area contributed by atoms with E-state index in [1.807, 2.05) is 51.2 Å². The molecule has 6 rings (SSSR count). The van der Waals surface area contributed by atoms with Crippen molar-refractivity contribution in [2.75, 3.05) is 13.7 Å². The zero-order valence-corrected chi connectivity index (χ0v) is 37.3. The number of nitrogens with zero attached hydrogens (tertiary/aromatic N) is 3. The maximum Gasteiger partial charge on any atom is 0.350 e. The summed E-state index contributed by atoms with van der Waals surface area (Å²) in [4.78, 5) is 42.2. The molecule has 0 amide bonds. The summed E-state index contributed by atoms with van der Waals surface area (Å²) in [7, 11) is 1.18. The number of aliphatic hydroxyl groups is 2. The molecule has 8 bridgehead atoms. The SMILES string of the molecule is C=CC1=C(C)C2=NC1=CC1=NC(=CC3=C(C)C4=C(O)[C@](O)(C(=O)OC)C(=C5NC(=C2)[C@@H](C)[C@@H]5CCC(=O)OC/C=C(\C)CCCC(C)CCCC(C)C)C4=N3)C(CC)=C1C. The lowest BCUT2D eigenvalue weighted by Crippen LogP contribution is -2.44. The van der Waals surface area contributed by atoms with E-state index in [1.165, 1.54) is 38.4 Å². The average molecular weight is 817 g/mol. The van der Waals surface area contributed by atoms with Crippen LogP contribution < -0.4 is 5.32 Å². The zero-order valence-electron chi connectivity index (χ0n) is 37.3. The molecule has 320 valence electrons. The number of carbonyl (C=O) groups excluding carboxylic acids is 2. The summed E-state index contributed by atoms with van der Waals surface area (Å²) in [5, 5.41) is 27.8. The van der Waals surface area contributed by atoms with Gasteiger partial charge >= 0.3 is 11.9 Å². The highest BCUT2D eigenvalue weighted by atomic mass is 16.5. The van der Waals surface area contributed by atoms with Crippen LogP contribution in [-0.2, 0) is 19.1 Å². The van der Waals surface area contributed by atoms with Crippen LogP contribution in [0, 0.1) is 23.7 Å². The molecular formula is C50H64N4O6. The topological polar surface area (TPSA) is 142 Å². The fourth-order valence-electron chi connectivity index (χ4n) is 9.28. The third-order valence-electron chi connectivity index (χ3n) is 13.1. The summed E-state index contributed by atoms with van der Waals surface area (Å²) >= 11 is 0. The number of hydrogen-bond donors (Lipinski definition) is 3. The molecule has 60 heavy (non-hydrogen) atoms. The second-order valence-corrected chi connectivity index (χ2v) is 17.7. The number of rotatable bonds is 16. The number of fused-ring (bicyclic) bond motifs is 5. The lowest BCUT2D eigenvalue weighted by Gasteiger charge is -2.26. The standard InChI is InChI=1S/C50H64N4O6/c1-12-34-30(7)37-24-39-32(9)36(20-21-43(55)60-23-22-29(6)19-15-18-28(5)17-14-16-27(3)4)46(53-39)45-47-44(48(56)50(45,58)49(57)59-11)33(10)40(54-47)26-42-35(13-2)31(8)38(52-42)25-41(34)51-37/h12,22,24-28,32,36,53,56,58H,1,13-21,23H2,2-11H3/b29-22+,39-24?,41-25?,42-26?,46-45?/t28?,32-,36-,50-/m0/s1. The molecule has 5 heterocycles. The zero-order chi connectivity index (χ0) is 43.6. The molecule has 4 atom stereocenters. The van der Waals surface area contributed by atoms with Crippen LogP contribution in [0.15, 0.2) is 131 Å². The van der Waals surface area contributed by atoms with Crippen LogP contribution in [0.4, 0.5) is 0 Å². The maximum absolute atomic E-state index is 13.7. The highest BCUT2D eigenvalue weighted by Gasteiger charge is 2.59. The predicted molar refractivity (Wildman–Crippen MR) is 240 cm³/mol. The lowest BCUT2D eigenvalue weighted by atomic mass is 9.83. The van der Waals surface area contributed by atoms with Gasteiger partial charge in [-0.25, -0.2) is 19.8 Å². The Kier molecular flexibility index (Phi) is 13.5. The summed E-state index contributed by atoms with van der Waals surface area (Å²) in [6.07, 6.45) is 17.9. The minimum atomic E-state index is -2.55. The summed E-state index contributed by atoms with van der Waals surface area (Å²) in [6.45, 7) is 23.3. The fourth-order valence-corrected chi connectivity index (χ4v) is 9.28. The van der Waals surface area contributed by atoms with Crippen LogP contribution in [0.2, 0.25) is 0 Å². The first kappa shape index (κ1) is 44.5. The Morgan fingerprint density at radius 1 is 0.967 bits per heavy atom. The van der Waals surface area contributed by atoms with Crippen molar-refractivity contribution in [1.29, 1.82) is 0 Å². The van der Waals surface area contributed by atoms with Gasteiger partial charge in [-0.05, 0) is 112 Å². The highest BCUT2D eigenvalue weighted by molar-refractivity contribution is 6.26. The van der Waals surface area contributed by atoms with Crippen LogP contribution in [0.25, 0.3) is 0 Å². The molecule has 1 unspecified atom stereocenters. The maximum atomic E-state index is 13.7. The normalized spacial score (nSPS) is 24.2. The third-order valence-corrected chi connectivity index (χ3v) is 13.1. The monoisotopic (exact) mass is 816 g/mol. The predicted octanol–water partition coefficient (Wildman–Crippen LogP) is 10.3. The van der Waals surface area contributed by atoms with Crippen molar-refractivity contribution in [3.05, 3.63) is 116 Å². The van der Waals surface area contributed by atoms with Gasteiger partial charge in [0.1, 0.15) is 6.61 Å². The van der Waals surface area contributed by atoms with Gasteiger partial charge in [0, 0.05) is 46.4 Å². The molecule has 0 aromatic heterocycles. The Bertz CT molecular complexity index is 2250. The Balaban J connectivity index is 1.34. The molecular weight excluding hydrogens is 753 g/mol. The van der Waals surface area contributed by atoms with Crippen molar-refractivity contribution >= 4 is 29.1 Å². The largest absolute Gasteiger partial charge is 0.507 e. The number of nitrogens with one attached hydrogen (secondary N) is 1. The van der Waals surface area contributed by atoms with Crippen molar-refractivity contribution < 1.29 is 29.3 Å². The van der Waals surface area contributed by atoms with Crippen LogP contribution in [0.3, 0.4) is 0 Å². The smallest absolute Gasteiger partial charge is 0.350 e. The highest BCUT2D eigenvalue weighted by Crippen LogP contribution is 2.51. The van der Waals surface area contributed by atoms with E-state index >= 15 is 0 Å². The van der Waals surface area contributed by atoms with Crippen molar-refractivity contribution in [3.63, 3.8) is 0 Å². The summed E-state index contributed by atoms with van der Waals surface area (Å²) < 4.78 is 10.9. The second-order valence-electron chi connectivity index (χ2n) is 17.7. The second kappa shape index (κ2) is 18.3. The molecule has 5 aliphatic heterocycles. The van der Waals surface area contributed by atoms with E-state index in [1.54, 1.807) is 0 Å². The van der Waals surface area contributed by atoms with Crippen LogP contribution in [0.1, 0.15) is 120 Å². The molecule has 1 aliphatic carbocycles. The third kappa shape index (κ3) is 8.45. The number of carbonyl (C=O) groups is 2. The minimum Gasteiger partial charge on any atom is -0.507 e. The van der Waals surface area contributed by atoms with Gasteiger partial charge in [0.25, 0.3) is 0 Å². The molecule has 0 aromatic carbocycles. The molecule has 3 N–H and O–H groups in total. The van der Waals surface area contributed by atoms with Gasteiger partial charge in [-0.3, -0.25) is 4.79 Å². The quantitative estimate of drug-likeness (QED) is 0.104. The van der Waals surface area contributed by atoms with Gasteiger partial charge in [-0.1, -0.05) is 78.5 Å². The summed E-state index contributed by atoms with van der Waals surface area (Å²) in [5.74, 6) is -1.12. The Morgan fingerprint density at radius 3 is 2.35 bits per heavy atom. The van der Waals surface area contributed by atoms with Crippen LogP contribution in [0.5, 0.6) is 0 Å². The molecule has 6 aliphatic rings. The van der Waals surface area contributed by atoms with Gasteiger partial charge < -0.3 is 25.0 Å². The van der Waals surface area contributed by atoms with E-state index in [4.69, 9.17) is 24.5 Å². The molecule has 10 nitrogen and oxygen atoms in total. The number of aliphatic imine (C=N–C) groups is 3. The number of methoxy groups -OCH3 is 1. The first-order valence-electron chi connectivity index (χ1n) is 21.8. The van der Waals surface area contributed by atoms with Gasteiger partial charge in [0.15, 0.2) is 5.76 Å². The molecule has 0 aromatic rings. The Hall–Kier alpha value is -5.09. The van der Waals surface area contributed by atoms with Gasteiger partial charge in [-0.2, -0.15) is 0 Å². The molecule has 1 saturated heterocycles. The van der Waals surface area contributed by atoms with Gasteiger partial charge in [0.2, 0.25) is 5.60 Å². The summed E-state index contributed by atoms with van der Waals surface area (Å²) in [6, 6.07) is 0. The van der Waals surface area contributed by atoms with Crippen molar-refractivity contribution in [1.82, 2.24) is 5.32 Å². The average Bonchev–Trinajstić information content (AvgIpc) is 3.93. The van der Waals surface area contributed by atoms with Crippen LogP contribution >= 0.6 is 0 Å². The van der Waals surface area contributed by atoms with E-state index in [0.29, 0.717) is 29.3 Å². The number of hydrogen-bond acceptors (Lipinski definition) is 10. The number of allylic oxidation sites excluding steroid dienone is 12. The minimum absolute atomic E-state index is 0.0878. The van der Waals surface area contributed by atoms with Gasteiger partial charge in [-0.15, -0.1) is 0 Å². The fraction of sp³-hybridized carbons (Fsp3) is 0.500. The van der Waals surface area contributed by atoms with Crippen molar-refractivity contribution in [3.8, 4) is 0 Å². The first-order chi connectivity index (χ1) is 28.5. The van der Waals surface area contributed by atoms with E-state index in [-0.39, 0.29) is 41.8 Å². The van der Waals surface area contributed by atoms with Gasteiger partial charge in [0.05, 0.1) is 41.3 Å². The molecule has 10 heteroatoms. The Morgan fingerprint density at radius 2 is 1.67 bits per heavy atom. The van der Waals surface area contributed by atoms with E-state index in [0.717, 1.165) is 76.0 Å². The van der Waals surface area contributed by atoms with E-state index < -0.39 is 23.2 Å². The Labute approximate surface area is 356 Å². The number of aliphatic hydroxyl groups excluding tert-OH is 1. The van der Waals surface area contributed by atoms with Crippen molar-refractivity contribution in [2.45, 2.75) is 126 Å². The molecule has 0 radical (unpaired) electrons. The molecule has 1 fully saturated rings. The van der Waals surface area contributed by atoms with E-state index in [2.05, 4.69) is 53.4 Å². The molecule has 0 saturated carbocycles. The number of ether oxygens (including phenoxy) is 2. The summed E-state index contributed by atoms with van der Waals surface area (Å²) in [5.41, 5.74) is 8.65. The van der Waals surface area contributed by atoms with Crippen molar-refractivity contribution in [2.24, 2.45) is 38.6 Å².